The second-order valence-corrected chi connectivity index (χ2v) is 10.2. The van der Waals surface area contributed by atoms with E-state index >= 15 is 0 Å². The van der Waals surface area contributed by atoms with Gasteiger partial charge in [0.1, 0.15) is 0 Å². The molecular weight excluding hydrogens is 418 g/mol. The van der Waals surface area contributed by atoms with Crippen molar-refractivity contribution in [2.75, 3.05) is 0 Å². The second-order valence-electron chi connectivity index (χ2n) is 6.84. The van der Waals surface area contributed by atoms with E-state index in [0.717, 1.165) is 15.6 Å². The fourth-order valence-electron chi connectivity index (χ4n) is 2.46. The molecule has 5 heteroatoms. The molecule has 0 aliphatic rings. The van der Waals surface area contributed by atoms with Gasteiger partial charge >= 0.3 is 0 Å². The Morgan fingerprint density at radius 3 is 2.08 bits per heavy atom. The normalized spacial score (nSPS) is 15.4. The zero-order valence-corrected chi connectivity index (χ0v) is 17.8. The van der Waals surface area contributed by atoms with Gasteiger partial charge in [0.25, 0.3) is 0 Å². The molecule has 134 valence electrons. The highest BCUT2D eigenvalue weighted by atomic mass is 79.9. The Balaban J connectivity index is 2.44. The first-order valence-electron chi connectivity index (χ1n) is 8.04. The summed E-state index contributed by atoms with van der Waals surface area (Å²) in [5.74, 6) is -0.0272. The molecule has 0 aromatic heterocycles. The summed E-state index contributed by atoms with van der Waals surface area (Å²) in [6, 6.07) is 15.6. The zero-order chi connectivity index (χ0) is 18.6. The molecule has 25 heavy (non-hydrogen) atoms. The fourth-order valence-corrected chi connectivity index (χ4v) is 3.72. The highest BCUT2D eigenvalue weighted by molar-refractivity contribution is 9.10. The lowest BCUT2D eigenvalue weighted by atomic mass is 9.88. The van der Waals surface area contributed by atoms with Crippen molar-refractivity contribution in [3.63, 3.8) is 0 Å². The van der Waals surface area contributed by atoms with Gasteiger partial charge in [-0.15, -0.1) is 6.58 Å². The van der Waals surface area contributed by atoms with Crippen LogP contribution in [0.5, 0.6) is 0 Å². The Kier molecular flexibility index (Phi) is 7.03. The summed E-state index contributed by atoms with van der Waals surface area (Å²) >= 11 is 9.50. The number of nitrogens with one attached hydrogen (secondary N) is 1. The van der Waals surface area contributed by atoms with Crippen LogP contribution in [0, 0.1) is 0 Å². The van der Waals surface area contributed by atoms with Gasteiger partial charge in [0, 0.05) is 15.4 Å². The molecule has 1 N–H and O–H groups in total. The van der Waals surface area contributed by atoms with E-state index in [1.807, 2.05) is 63.2 Å². The number of benzene rings is 2. The number of hydrogen-bond donors (Lipinski definition) is 1. The predicted molar refractivity (Wildman–Crippen MR) is 112 cm³/mol. The van der Waals surface area contributed by atoms with E-state index in [1.165, 1.54) is 0 Å². The highest BCUT2D eigenvalue weighted by Crippen LogP contribution is 2.34. The van der Waals surface area contributed by atoms with Crippen LogP contribution >= 0.6 is 27.5 Å². The topological polar surface area (TPSA) is 29.1 Å². The highest BCUT2D eigenvalue weighted by Gasteiger charge is 2.28. The molecule has 0 spiro atoms. The lowest BCUT2D eigenvalue weighted by Gasteiger charge is -2.29. The molecule has 0 saturated carbocycles. The molecule has 0 aliphatic carbocycles. The third kappa shape index (κ3) is 5.52. The Hall–Kier alpha value is -0.940. The maximum absolute atomic E-state index is 12.8. The summed E-state index contributed by atoms with van der Waals surface area (Å²) in [5, 5.41) is 0.679. The number of hydrogen-bond acceptors (Lipinski definition) is 1. The van der Waals surface area contributed by atoms with Crippen LogP contribution in [0.1, 0.15) is 43.9 Å². The molecule has 0 bridgehead atoms. The molecule has 3 atom stereocenters. The minimum atomic E-state index is -1.21. The van der Waals surface area contributed by atoms with Gasteiger partial charge in [-0.3, -0.25) is 0 Å². The van der Waals surface area contributed by atoms with Crippen LogP contribution < -0.4 is 4.72 Å². The van der Waals surface area contributed by atoms with Crippen LogP contribution in [0.4, 0.5) is 0 Å². The average molecular weight is 441 g/mol. The van der Waals surface area contributed by atoms with E-state index in [4.69, 9.17) is 11.6 Å². The van der Waals surface area contributed by atoms with Crippen LogP contribution in [0.2, 0.25) is 5.02 Å². The molecule has 0 saturated heterocycles. The van der Waals surface area contributed by atoms with Crippen LogP contribution in [0.25, 0.3) is 0 Å². The summed E-state index contributed by atoms with van der Waals surface area (Å²) in [5.41, 5.74) is 2.13. The van der Waals surface area contributed by atoms with E-state index in [0.29, 0.717) is 5.02 Å². The van der Waals surface area contributed by atoms with Crippen molar-refractivity contribution < 1.29 is 4.21 Å². The maximum Gasteiger partial charge on any atom is 0.0976 e. The van der Waals surface area contributed by atoms with Crippen molar-refractivity contribution >= 4 is 38.5 Å². The second kappa shape index (κ2) is 8.63. The van der Waals surface area contributed by atoms with E-state index in [-0.39, 0.29) is 16.7 Å². The molecule has 2 aromatic carbocycles. The lowest BCUT2D eigenvalue weighted by molar-refractivity contribution is 0.566. The summed E-state index contributed by atoms with van der Waals surface area (Å²) < 4.78 is 16.7. The van der Waals surface area contributed by atoms with E-state index in [9.17, 15) is 4.21 Å². The standard InChI is InChI=1S/C20H23BrClNOS/c1-5-18(14-6-10-16(21)11-7-14)19(23-25(24)20(2,3)4)15-8-12-17(22)13-9-15/h5-13,18-19,23H,1H2,2-4H3/t18-,19+,25?/m1/s1. The van der Waals surface area contributed by atoms with Crippen molar-refractivity contribution in [3.05, 3.63) is 81.8 Å². The first kappa shape index (κ1) is 20.4. The van der Waals surface area contributed by atoms with Gasteiger partial charge in [-0.05, 0) is 56.2 Å². The largest absolute Gasteiger partial charge is 0.242 e. The van der Waals surface area contributed by atoms with Gasteiger partial charge in [0.05, 0.1) is 21.8 Å². The first-order valence-corrected chi connectivity index (χ1v) is 10.4. The van der Waals surface area contributed by atoms with Gasteiger partial charge in [-0.2, -0.15) is 0 Å². The molecule has 0 fully saturated rings. The number of halogens is 2. The molecule has 0 aliphatic heterocycles. The summed E-state index contributed by atoms with van der Waals surface area (Å²) in [4.78, 5) is 0. The Labute approximate surface area is 166 Å². The quantitative estimate of drug-likeness (QED) is 0.535. The molecule has 2 aromatic rings. The van der Waals surface area contributed by atoms with Crippen molar-refractivity contribution in [3.8, 4) is 0 Å². The van der Waals surface area contributed by atoms with E-state index in [2.05, 4.69) is 39.4 Å². The SMILES string of the molecule is C=C[C@H](c1ccc(Br)cc1)[C@@H](NS(=O)C(C)(C)C)c1ccc(Cl)cc1. The smallest absolute Gasteiger partial charge is 0.0976 e. The van der Waals surface area contributed by atoms with Crippen molar-refractivity contribution in [1.82, 2.24) is 4.72 Å². The van der Waals surface area contributed by atoms with Crippen LogP contribution in [-0.4, -0.2) is 8.96 Å². The van der Waals surface area contributed by atoms with Gasteiger partial charge in [-0.1, -0.05) is 57.9 Å². The minimum Gasteiger partial charge on any atom is -0.242 e. The summed E-state index contributed by atoms with van der Waals surface area (Å²) in [6.07, 6.45) is 1.90. The maximum atomic E-state index is 12.8. The zero-order valence-electron chi connectivity index (χ0n) is 14.6. The average Bonchev–Trinajstić information content (AvgIpc) is 2.56. The molecule has 2 nitrogen and oxygen atoms in total. The van der Waals surface area contributed by atoms with Crippen molar-refractivity contribution in [2.24, 2.45) is 0 Å². The Morgan fingerprint density at radius 2 is 1.60 bits per heavy atom. The van der Waals surface area contributed by atoms with Crippen LogP contribution in [0.15, 0.2) is 65.7 Å². The van der Waals surface area contributed by atoms with Crippen molar-refractivity contribution in [2.45, 2.75) is 37.5 Å². The Morgan fingerprint density at radius 1 is 1.08 bits per heavy atom. The van der Waals surface area contributed by atoms with Crippen LogP contribution in [-0.2, 0) is 11.0 Å². The Bertz CT molecular complexity index is 738. The molecule has 0 radical (unpaired) electrons. The third-order valence-electron chi connectivity index (χ3n) is 3.89. The van der Waals surface area contributed by atoms with E-state index < -0.39 is 11.0 Å². The van der Waals surface area contributed by atoms with Crippen molar-refractivity contribution in [1.29, 1.82) is 0 Å². The monoisotopic (exact) mass is 439 g/mol. The summed E-state index contributed by atoms with van der Waals surface area (Å²) in [7, 11) is -1.21. The fraction of sp³-hybridized carbons (Fsp3) is 0.300. The third-order valence-corrected chi connectivity index (χ3v) is 6.25. The molecular formula is C20H23BrClNOS. The molecule has 0 heterocycles. The van der Waals surface area contributed by atoms with Gasteiger partial charge in [-0.25, -0.2) is 8.93 Å². The van der Waals surface area contributed by atoms with E-state index in [1.54, 1.807) is 0 Å². The molecule has 2 rings (SSSR count). The summed E-state index contributed by atoms with van der Waals surface area (Å²) in [6.45, 7) is 9.88. The minimum absolute atomic E-state index is 0.0272. The van der Waals surface area contributed by atoms with Gasteiger partial charge < -0.3 is 0 Å². The lowest BCUT2D eigenvalue weighted by Crippen LogP contribution is -2.37. The first-order chi connectivity index (χ1) is 11.7. The van der Waals surface area contributed by atoms with Crippen LogP contribution in [0.3, 0.4) is 0 Å². The number of rotatable bonds is 6. The van der Waals surface area contributed by atoms with Gasteiger partial charge in [0.2, 0.25) is 0 Å². The molecule has 0 amide bonds. The molecule has 1 unspecified atom stereocenters. The van der Waals surface area contributed by atoms with Gasteiger partial charge in [0.15, 0.2) is 0 Å². The predicted octanol–water partition coefficient (Wildman–Crippen LogP) is 6.17.